The van der Waals surface area contributed by atoms with Gasteiger partial charge in [-0.3, -0.25) is 0 Å². The molecule has 0 saturated heterocycles. The summed E-state index contributed by atoms with van der Waals surface area (Å²) in [5.74, 6) is 0.650. The standard InChI is InChI=1S/C18H19N3O3S/c1-2-24-17-7-9-18(10-8-17)25(22,23)20-13-15-3-5-16(6-4-15)21-12-11-19-14-21/h3-12,14,20H,2,13H2,1H3. The van der Waals surface area contributed by atoms with Gasteiger partial charge < -0.3 is 9.30 Å². The lowest BCUT2D eigenvalue weighted by Gasteiger charge is -2.09. The lowest BCUT2D eigenvalue weighted by atomic mass is 10.2. The monoisotopic (exact) mass is 357 g/mol. The maximum absolute atomic E-state index is 12.4. The number of aromatic nitrogens is 2. The van der Waals surface area contributed by atoms with Gasteiger partial charge in [0.1, 0.15) is 5.75 Å². The van der Waals surface area contributed by atoms with E-state index in [1.807, 2.05) is 42.0 Å². The van der Waals surface area contributed by atoms with E-state index < -0.39 is 10.0 Å². The Hall–Kier alpha value is -2.64. The van der Waals surface area contributed by atoms with Crippen LogP contribution in [0.4, 0.5) is 0 Å². The van der Waals surface area contributed by atoms with Crippen LogP contribution >= 0.6 is 0 Å². The third-order valence-corrected chi connectivity index (χ3v) is 5.07. The Labute approximate surface area is 147 Å². The van der Waals surface area contributed by atoms with Crippen LogP contribution in [0.15, 0.2) is 72.1 Å². The molecule has 7 heteroatoms. The summed E-state index contributed by atoms with van der Waals surface area (Å²) in [4.78, 5) is 4.22. The Kier molecular flexibility index (Phi) is 5.16. The van der Waals surface area contributed by atoms with Crippen molar-refractivity contribution in [3.63, 3.8) is 0 Å². The molecule has 130 valence electrons. The Bertz CT molecular complexity index is 903. The number of nitrogens with one attached hydrogen (secondary N) is 1. The summed E-state index contributed by atoms with van der Waals surface area (Å²) in [6.45, 7) is 2.64. The van der Waals surface area contributed by atoms with Crippen LogP contribution in [0.25, 0.3) is 5.69 Å². The van der Waals surface area contributed by atoms with E-state index in [-0.39, 0.29) is 11.4 Å². The first-order valence-electron chi connectivity index (χ1n) is 7.88. The molecule has 2 aromatic carbocycles. The molecule has 0 bridgehead atoms. The molecule has 0 aliphatic carbocycles. The van der Waals surface area contributed by atoms with E-state index in [0.29, 0.717) is 12.4 Å². The lowest BCUT2D eigenvalue weighted by Crippen LogP contribution is -2.23. The number of nitrogens with zero attached hydrogens (tertiary/aromatic N) is 2. The molecule has 25 heavy (non-hydrogen) atoms. The Balaban J connectivity index is 1.65. The molecule has 0 spiro atoms. The van der Waals surface area contributed by atoms with Crippen molar-refractivity contribution >= 4 is 10.0 Å². The van der Waals surface area contributed by atoms with Crippen LogP contribution in [0.5, 0.6) is 5.75 Å². The molecule has 6 nitrogen and oxygen atoms in total. The molecule has 0 radical (unpaired) electrons. The topological polar surface area (TPSA) is 73.2 Å². The molecule has 3 rings (SSSR count). The second kappa shape index (κ2) is 7.50. The van der Waals surface area contributed by atoms with E-state index >= 15 is 0 Å². The molecule has 0 unspecified atom stereocenters. The summed E-state index contributed by atoms with van der Waals surface area (Å²) >= 11 is 0. The normalized spacial score (nSPS) is 11.4. The first kappa shape index (κ1) is 17.2. The van der Waals surface area contributed by atoms with Gasteiger partial charge in [-0.25, -0.2) is 18.1 Å². The molecular weight excluding hydrogens is 338 g/mol. The second-order valence-electron chi connectivity index (χ2n) is 5.37. The van der Waals surface area contributed by atoms with Crippen LogP contribution in [0, 0.1) is 0 Å². The van der Waals surface area contributed by atoms with E-state index in [2.05, 4.69) is 9.71 Å². The summed E-state index contributed by atoms with van der Waals surface area (Å²) in [5, 5.41) is 0. The van der Waals surface area contributed by atoms with Gasteiger partial charge in [-0.2, -0.15) is 0 Å². The number of rotatable bonds is 7. The zero-order chi connectivity index (χ0) is 17.7. The first-order valence-corrected chi connectivity index (χ1v) is 9.36. The van der Waals surface area contributed by atoms with Crippen LogP contribution < -0.4 is 9.46 Å². The van der Waals surface area contributed by atoms with E-state index in [1.165, 1.54) is 12.1 Å². The maximum Gasteiger partial charge on any atom is 0.240 e. The number of hydrogen-bond acceptors (Lipinski definition) is 4. The highest BCUT2D eigenvalue weighted by atomic mass is 32.2. The van der Waals surface area contributed by atoms with E-state index in [9.17, 15) is 8.42 Å². The first-order chi connectivity index (χ1) is 12.1. The van der Waals surface area contributed by atoms with Crippen LogP contribution in [0.3, 0.4) is 0 Å². The van der Waals surface area contributed by atoms with Crippen LogP contribution in [-0.2, 0) is 16.6 Å². The minimum absolute atomic E-state index is 0.214. The van der Waals surface area contributed by atoms with Crippen LogP contribution in [0.1, 0.15) is 12.5 Å². The summed E-state index contributed by atoms with van der Waals surface area (Å²) in [6, 6.07) is 14.0. The third kappa shape index (κ3) is 4.26. The van der Waals surface area contributed by atoms with Gasteiger partial charge in [-0.05, 0) is 48.9 Å². The van der Waals surface area contributed by atoms with Crippen molar-refractivity contribution < 1.29 is 13.2 Å². The van der Waals surface area contributed by atoms with Gasteiger partial charge in [0.25, 0.3) is 0 Å². The molecule has 0 atom stereocenters. The lowest BCUT2D eigenvalue weighted by molar-refractivity contribution is 0.340. The van der Waals surface area contributed by atoms with Crippen molar-refractivity contribution in [2.24, 2.45) is 0 Å². The minimum Gasteiger partial charge on any atom is -0.494 e. The van der Waals surface area contributed by atoms with E-state index in [0.717, 1.165) is 11.3 Å². The minimum atomic E-state index is -3.56. The van der Waals surface area contributed by atoms with Crippen molar-refractivity contribution in [3.8, 4) is 11.4 Å². The van der Waals surface area contributed by atoms with Crippen molar-refractivity contribution in [3.05, 3.63) is 72.8 Å². The number of ether oxygens (including phenoxy) is 1. The number of imidazole rings is 1. The predicted octanol–water partition coefficient (Wildman–Crippen LogP) is 2.75. The smallest absolute Gasteiger partial charge is 0.240 e. The van der Waals surface area contributed by atoms with Gasteiger partial charge in [-0.1, -0.05) is 12.1 Å². The number of sulfonamides is 1. The Morgan fingerprint density at radius 2 is 1.80 bits per heavy atom. The van der Waals surface area contributed by atoms with Gasteiger partial charge in [0.05, 0.1) is 17.8 Å². The van der Waals surface area contributed by atoms with Crippen molar-refractivity contribution in [1.82, 2.24) is 14.3 Å². The summed E-state index contributed by atoms with van der Waals surface area (Å²) < 4.78 is 34.5. The summed E-state index contributed by atoms with van der Waals surface area (Å²) in [7, 11) is -3.56. The number of benzene rings is 2. The van der Waals surface area contributed by atoms with Crippen molar-refractivity contribution in [2.75, 3.05) is 6.61 Å². The molecule has 0 fully saturated rings. The molecule has 1 heterocycles. The molecule has 0 amide bonds. The van der Waals surface area contributed by atoms with Crippen LogP contribution in [-0.4, -0.2) is 24.6 Å². The fourth-order valence-electron chi connectivity index (χ4n) is 2.34. The quantitative estimate of drug-likeness (QED) is 0.706. The fraction of sp³-hybridized carbons (Fsp3) is 0.167. The van der Waals surface area contributed by atoms with Gasteiger partial charge >= 0.3 is 0 Å². The Morgan fingerprint density at radius 3 is 2.40 bits per heavy atom. The molecular formula is C18H19N3O3S. The van der Waals surface area contributed by atoms with Gasteiger partial charge in [-0.15, -0.1) is 0 Å². The van der Waals surface area contributed by atoms with E-state index in [4.69, 9.17) is 4.74 Å². The number of hydrogen-bond donors (Lipinski definition) is 1. The molecule has 1 N–H and O–H groups in total. The highest BCUT2D eigenvalue weighted by molar-refractivity contribution is 7.89. The van der Waals surface area contributed by atoms with E-state index in [1.54, 1.807) is 24.7 Å². The van der Waals surface area contributed by atoms with Crippen LogP contribution in [0.2, 0.25) is 0 Å². The predicted molar refractivity (Wildman–Crippen MR) is 95.2 cm³/mol. The largest absolute Gasteiger partial charge is 0.494 e. The zero-order valence-electron chi connectivity index (χ0n) is 13.8. The zero-order valence-corrected chi connectivity index (χ0v) is 14.6. The Morgan fingerprint density at radius 1 is 1.08 bits per heavy atom. The van der Waals surface area contributed by atoms with Gasteiger partial charge in [0, 0.05) is 24.6 Å². The molecule has 0 saturated carbocycles. The van der Waals surface area contributed by atoms with Gasteiger partial charge in [0.2, 0.25) is 10.0 Å². The highest BCUT2D eigenvalue weighted by Gasteiger charge is 2.13. The second-order valence-corrected chi connectivity index (χ2v) is 7.13. The summed E-state index contributed by atoms with van der Waals surface area (Å²) in [5.41, 5.74) is 1.84. The highest BCUT2D eigenvalue weighted by Crippen LogP contribution is 2.16. The SMILES string of the molecule is CCOc1ccc(S(=O)(=O)NCc2ccc(-n3ccnc3)cc2)cc1. The average molecular weight is 357 g/mol. The van der Waals surface area contributed by atoms with Crippen molar-refractivity contribution in [2.45, 2.75) is 18.4 Å². The molecule has 0 aliphatic heterocycles. The third-order valence-electron chi connectivity index (χ3n) is 3.65. The maximum atomic E-state index is 12.4. The molecule has 1 aromatic heterocycles. The average Bonchev–Trinajstić information content (AvgIpc) is 3.16. The van der Waals surface area contributed by atoms with Gasteiger partial charge in [0.15, 0.2) is 0 Å². The summed E-state index contributed by atoms with van der Waals surface area (Å²) in [6.07, 6.45) is 5.27. The van der Waals surface area contributed by atoms with Crippen molar-refractivity contribution in [1.29, 1.82) is 0 Å². The molecule has 3 aromatic rings. The fourth-order valence-corrected chi connectivity index (χ4v) is 3.36. The molecule has 0 aliphatic rings.